The number of benzene rings is 2. The van der Waals surface area contributed by atoms with Gasteiger partial charge in [0, 0.05) is 30.7 Å². The van der Waals surface area contributed by atoms with Crippen LogP contribution in [0.15, 0.2) is 48.7 Å². The minimum Gasteiger partial charge on any atom is -0.493 e. The number of ether oxygens (including phenoxy) is 3. The summed E-state index contributed by atoms with van der Waals surface area (Å²) in [6.45, 7) is 2.46. The molecule has 0 spiro atoms. The summed E-state index contributed by atoms with van der Waals surface area (Å²) >= 11 is 0. The highest BCUT2D eigenvalue weighted by molar-refractivity contribution is 5.71. The molecule has 2 aliphatic rings. The Morgan fingerprint density at radius 3 is 2.50 bits per heavy atom. The van der Waals surface area contributed by atoms with Crippen LogP contribution in [0.2, 0.25) is 0 Å². The maximum absolute atomic E-state index is 14.9. The zero-order valence-corrected chi connectivity index (χ0v) is 24.0. The highest BCUT2D eigenvalue weighted by Crippen LogP contribution is 2.63. The Labute approximate surface area is 250 Å². The third-order valence-corrected chi connectivity index (χ3v) is 8.23. The van der Waals surface area contributed by atoms with Crippen LogP contribution >= 0.6 is 0 Å². The summed E-state index contributed by atoms with van der Waals surface area (Å²) in [5.74, 6) is -0.124. The molecule has 0 amide bonds. The van der Waals surface area contributed by atoms with Crippen molar-refractivity contribution < 1.29 is 50.5 Å². The molecule has 0 radical (unpaired) electrons. The molecule has 2 aromatic carbocycles. The molecule has 44 heavy (non-hydrogen) atoms. The van der Waals surface area contributed by atoms with E-state index in [1.807, 2.05) is 0 Å². The van der Waals surface area contributed by atoms with Gasteiger partial charge < -0.3 is 19.3 Å². The van der Waals surface area contributed by atoms with E-state index in [0.29, 0.717) is 25.0 Å². The number of rotatable bonds is 12. The zero-order valence-electron chi connectivity index (χ0n) is 24.0. The number of hydrogen-bond acceptors (Lipinski definition) is 6. The Kier molecular flexibility index (Phi) is 8.84. The first kappa shape index (κ1) is 31.6. The van der Waals surface area contributed by atoms with Crippen molar-refractivity contribution in [2.75, 3.05) is 13.2 Å². The van der Waals surface area contributed by atoms with Crippen LogP contribution < -0.4 is 9.47 Å². The number of nitrogens with zero attached hydrogens (tertiary/aromatic N) is 1. The number of aliphatic hydroxyl groups is 1. The van der Waals surface area contributed by atoms with E-state index in [2.05, 4.69) is 4.98 Å². The Morgan fingerprint density at radius 2 is 1.84 bits per heavy atom. The van der Waals surface area contributed by atoms with Crippen LogP contribution in [0.1, 0.15) is 54.9 Å². The predicted octanol–water partition coefficient (Wildman–Crippen LogP) is 7.11. The van der Waals surface area contributed by atoms with Crippen LogP contribution in [0, 0.1) is 17.7 Å². The number of pyridine rings is 1. The van der Waals surface area contributed by atoms with E-state index < -0.39 is 29.6 Å². The molecule has 6 nitrogen and oxygen atoms in total. The van der Waals surface area contributed by atoms with Crippen molar-refractivity contribution in [1.29, 1.82) is 0 Å². The number of fused-ring (bicyclic) bond motifs is 3. The third kappa shape index (κ3) is 6.80. The van der Waals surface area contributed by atoms with Gasteiger partial charge in [0.15, 0.2) is 0 Å². The number of alkyl halides is 5. The highest BCUT2D eigenvalue weighted by Gasteiger charge is 2.56. The molecule has 0 saturated heterocycles. The topological polar surface area (TPSA) is 77.9 Å². The molecule has 1 N–H and O–H groups in total. The molecule has 2 aliphatic carbocycles. The molecule has 1 unspecified atom stereocenters. The smallest absolute Gasteiger partial charge is 0.417 e. The van der Waals surface area contributed by atoms with E-state index in [1.54, 1.807) is 19.2 Å². The van der Waals surface area contributed by atoms with Gasteiger partial charge in [0.05, 0.1) is 18.8 Å². The summed E-state index contributed by atoms with van der Waals surface area (Å²) in [5, 5.41) is 9.64. The fraction of sp³-hybridized carbons (Fsp3) is 0.438. The SMILES string of the molecule is CCOC(=O)C[C@H]1[C@@H]2Cc3cc(OCc4cc(-c5ccc(OCCC(C)(O)C(F)F)cc5)c(C(F)(F)F)cc4F)ncc3[C@H]12. The average Bonchev–Trinajstić information content (AvgIpc) is 3.46. The van der Waals surface area contributed by atoms with Crippen LogP contribution in [0.3, 0.4) is 0 Å². The van der Waals surface area contributed by atoms with Gasteiger partial charge in [-0.3, -0.25) is 4.79 Å². The van der Waals surface area contributed by atoms with Crippen LogP contribution in [-0.4, -0.2) is 41.3 Å². The lowest BCUT2D eigenvalue weighted by Crippen LogP contribution is -2.35. The van der Waals surface area contributed by atoms with E-state index in [4.69, 9.17) is 14.2 Å². The number of esters is 1. The Morgan fingerprint density at radius 1 is 1.11 bits per heavy atom. The van der Waals surface area contributed by atoms with Gasteiger partial charge in [-0.25, -0.2) is 18.2 Å². The zero-order chi connectivity index (χ0) is 31.8. The summed E-state index contributed by atoms with van der Waals surface area (Å²) in [5.41, 5.74) is -1.63. The minimum atomic E-state index is -4.85. The fourth-order valence-electron chi connectivity index (χ4n) is 5.74. The third-order valence-electron chi connectivity index (χ3n) is 8.23. The Hall–Kier alpha value is -3.80. The van der Waals surface area contributed by atoms with Gasteiger partial charge in [0.25, 0.3) is 6.43 Å². The Bertz CT molecular complexity index is 1510. The van der Waals surface area contributed by atoms with Crippen molar-refractivity contribution in [2.45, 2.75) is 63.8 Å². The largest absolute Gasteiger partial charge is 0.493 e. The molecule has 1 saturated carbocycles. The summed E-state index contributed by atoms with van der Waals surface area (Å²) in [6.07, 6.45) is -5.40. The van der Waals surface area contributed by atoms with E-state index in [-0.39, 0.29) is 65.8 Å². The summed E-state index contributed by atoms with van der Waals surface area (Å²) < 4.78 is 98.2. The first-order valence-corrected chi connectivity index (χ1v) is 14.2. The minimum absolute atomic E-state index is 0.109. The molecule has 4 atom stereocenters. The highest BCUT2D eigenvalue weighted by atomic mass is 19.4. The van der Waals surface area contributed by atoms with Gasteiger partial charge >= 0.3 is 12.1 Å². The second-order valence-corrected chi connectivity index (χ2v) is 11.3. The first-order valence-electron chi connectivity index (χ1n) is 14.2. The van der Waals surface area contributed by atoms with Gasteiger partial charge in [0.2, 0.25) is 5.88 Å². The number of carbonyl (C=O) groups is 1. The molecule has 3 aromatic rings. The van der Waals surface area contributed by atoms with E-state index in [1.165, 1.54) is 24.3 Å². The standard InChI is InChI=1S/C32H31F6NO5/c1-3-42-28(40)13-23-22-10-18-12-27(39-15-24(18)29(22)23)44-16-19-11-21(25(14-26(19)33)32(36,37)38)17-4-6-20(7-5-17)43-9-8-31(2,41)30(34)35/h4-7,11-12,14-15,22-23,29-30,41H,3,8-10,13,16H2,1-2H3/t22-,23-,29-,31?/m0/s1. The van der Waals surface area contributed by atoms with Crippen molar-refractivity contribution in [1.82, 2.24) is 4.98 Å². The lowest BCUT2D eigenvalue weighted by molar-refractivity contribution is -0.143. The van der Waals surface area contributed by atoms with Gasteiger partial charge in [0.1, 0.15) is 23.8 Å². The van der Waals surface area contributed by atoms with Gasteiger partial charge in [-0.15, -0.1) is 0 Å². The number of hydrogen-bond donors (Lipinski definition) is 1. The first-order chi connectivity index (χ1) is 20.8. The van der Waals surface area contributed by atoms with Crippen molar-refractivity contribution in [3.63, 3.8) is 0 Å². The number of aromatic nitrogens is 1. The fourth-order valence-corrected chi connectivity index (χ4v) is 5.74. The number of halogens is 6. The van der Waals surface area contributed by atoms with E-state index >= 15 is 0 Å². The molecule has 1 aromatic heterocycles. The molecule has 0 bridgehead atoms. The van der Waals surface area contributed by atoms with Crippen molar-refractivity contribution >= 4 is 5.97 Å². The predicted molar refractivity (Wildman–Crippen MR) is 147 cm³/mol. The average molecular weight is 624 g/mol. The van der Waals surface area contributed by atoms with Crippen molar-refractivity contribution in [3.8, 4) is 22.8 Å². The number of carbonyl (C=O) groups excluding carboxylic acids is 1. The summed E-state index contributed by atoms with van der Waals surface area (Å²) in [6, 6.07) is 8.66. The second-order valence-electron chi connectivity index (χ2n) is 11.3. The van der Waals surface area contributed by atoms with Crippen molar-refractivity contribution in [3.05, 3.63) is 76.7 Å². The summed E-state index contributed by atoms with van der Waals surface area (Å²) in [7, 11) is 0. The quantitative estimate of drug-likeness (QED) is 0.171. The molecular formula is C32H31F6NO5. The lowest BCUT2D eigenvalue weighted by Gasteiger charge is -2.22. The van der Waals surface area contributed by atoms with E-state index in [9.17, 15) is 36.2 Å². The second kappa shape index (κ2) is 12.3. The molecule has 5 rings (SSSR count). The lowest BCUT2D eigenvalue weighted by atomic mass is 9.96. The maximum atomic E-state index is 14.9. The monoisotopic (exact) mass is 623 g/mol. The normalized spacial score (nSPS) is 20.1. The van der Waals surface area contributed by atoms with Crippen LogP contribution in [0.5, 0.6) is 11.6 Å². The maximum Gasteiger partial charge on any atom is 0.417 e. The van der Waals surface area contributed by atoms with Crippen molar-refractivity contribution in [2.24, 2.45) is 11.8 Å². The van der Waals surface area contributed by atoms with Crippen LogP contribution in [0.4, 0.5) is 26.3 Å². The van der Waals surface area contributed by atoms with Gasteiger partial charge in [-0.05, 0) is 84.5 Å². The molecule has 12 heteroatoms. The molecular weight excluding hydrogens is 592 g/mol. The molecule has 1 fully saturated rings. The Balaban J connectivity index is 1.27. The van der Waals surface area contributed by atoms with E-state index in [0.717, 1.165) is 30.5 Å². The van der Waals surface area contributed by atoms with Crippen LogP contribution in [-0.2, 0) is 28.7 Å². The molecule has 0 aliphatic heterocycles. The molecule has 236 valence electrons. The summed E-state index contributed by atoms with van der Waals surface area (Å²) in [4.78, 5) is 16.2. The van der Waals surface area contributed by atoms with Crippen LogP contribution in [0.25, 0.3) is 11.1 Å². The van der Waals surface area contributed by atoms with Gasteiger partial charge in [-0.2, -0.15) is 13.2 Å². The van der Waals surface area contributed by atoms with Gasteiger partial charge in [-0.1, -0.05) is 12.1 Å². The molecule has 1 heterocycles.